The van der Waals surface area contributed by atoms with Crippen LogP contribution < -0.4 is 10.6 Å². The van der Waals surface area contributed by atoms with Crippen molar-refractivity contribution >= 4 is 40.3 Å². The normalized spacial score (nSPS) is 17.4. The topological polar surface area (TPSA) is 75.1 Å². The van der Waals surface area contributed by atoms with Crippen molar-refractivity contribution in [3.63, 3.8) is 0 Å². The van der Waals surface area contributed by atoms with Crippen molar-refractivity contribution in [1.29, 1.82) is 0 Å². The van der Waals surface area contributed by atoms with E-state index in [9.17, 15) is 4.79 Å². The number of pyridine rings is 1. The number of thiocarbonyl (C=S) groups is 1. The Morgan fingerprint density at radius 1 is 1.11 bits per heavy atom. The smallest absolute Gasteiger partial charge is 0.226 e. The molecule has 178 valence electrons. The summed E-state index contributed by atoms with van der Waals surface area (Å²) in [5, 5.41) is 9.98. The van der Waals surface area contributed by atoms with E-state index >= 15 is 0 Å². The number of hydrogen-bond acceptors (Lipinski definition) is 5. The molecule has 5 rings (SSSR count). The Balaban J connectivity index is 1.46. The Bertz CT molecular complexity index is 1320. The third-order valence-corrected chi connectivity index (χ3v) is 7.34. The van der Waals surface area contributed by atoms with Gasteiger partial charge in [-0.15, -0.1) is 11.3 Å². The van der Waals surface area contributed by atoms with Crippen LogP contribution in [0.3, 0.4) is 0 Å². The number of anilines is 1. The number of para-hydroxylation sites is 1. The summed E-state index contributed by atoms with van der Waals surface area (Å²) in [6, 6.07) is 17.4. The second kappa shape index (κ2) is 9.97. The molecule has 1 fully saturated rings. The molecule has 4 heterocycles. The van der Waals surface area contributed by atoms with E-state index in [4.69, 9.17) is 12.2 Å². The molecule has 0 aliphatic carbocycles. The van der Waals surface area contributed by atoms with Crippen molar-refractivity contribution in [3.05, 3.63) is 95.0 Å². The minimum absolute atomic E-state index is 0.0488. The molecule has 35 heavy (non-hydrogen) atoms. The first-order valence-electron chi connectivity index (χ1n) is 11.4. The van der Waals surface area contributed by atoms with E-state index in [0.29, 0.717) is 18.1 Å². The molecule has 2 N–H and O–H groups in total. The van der Waals surface area contributed by atoms with Crippen LogP contribution in [0.1, 0.15) is 41.1 Å². The lowest BCUT2D eigenvalue weighted by molar-refractivity contribution is -0.116. The highest BCUT2D eigenvalue weighted by atomic mass is 32.1. The zero-order chi connectivity index (χ0) is 24.4. The highest BCUT2D eigenvalue weighted by Gasteiger charge is 2.41. The van der Waals surface area contributed by atoms with Crippen LogP contribution in [0, 0.1) is 13.8 Å². The first kappa shape index (κ1) is 23.2. The lowest BCUT2D eigenvalue weighted by Crippen LogP contribution is -2.32. The number of nitrogens with zero attached hydrogens (tertiary/aromatic N) is 4. The summed E-state index contributed by atoms with van der Waals surface area (Å²) in [5.41, 5.74) is 5.05. The first-order valence-corrected chi connectivity index (χ1v) is 12.7. The molecule has 9 heteroatoms. The van der Waals surface area contributed by atoms with Crippen LogP contribution >= 0.6 is 23.6 Å². The van der Waals surface area contributed by atoms with Gasteiger partial charge in [-0.2, -0.15) is 0 Å². The van der Waals surface area contributed by atoms with Crippen molar-refractivity contribution in [2.75, 3.05) is 11.9 Å². The molecular weight excluding hydrogens is 476 g/mol. The van der Waals surface area contributed by atoms with Gasteiger partial charge in [0.2, 0.25) is 5.91 Å². The minimum atomic E-state index is -0.133. The summed E-state index contributed by atoms with van der Waals surface area (Å²) in [6.07, 6.45) is 3.93. The largest absolute Gasteiger partial charge is 0.352 e. The van der Waals surface area contributed by atoms with Gasteiger partial charge in [0.05, 0.1) is 17.8 Å². The van der Waals surface area contributed by atoms with E-state index in [-0.39, 0.29) is 18.0 Å². The molecule has 2 atom stereocenters. The molecule has 0 radical (unpaired) electrons. The average Bonchev–Trinajstić information content (AvgIpc) is 3.57. The van der Waals surface area contributed by atoms with Crippen molar-refractivity contribution in [2.24, 2.45) is 0 Å². The predicted molar refractivity (Wildman–Crippen MR) is 143 cm³/mol. The van der Waals surface area contributed by atoms with Gasteiger partial charge in [-0.1, -0.05) is 24.3 Å². The monoisotopic (exact) mass is 502 g/mol. The number of amides is 1. The van der Waals surface area contributed by atoms with Gasteiger partial charge in [0, 0.05) is 47.8 Å². The van der Waals surface area contributed by atoms with Crippen LogP contribution in [0.25, 0.3) is 5.13 Å². The lowest BCUT2D eigenvalue weighted by atomic mass is 9.96. The highest BCUT2D eigenvalue weighted by molar-refractivity contribution is 7.80. The van der Waals surface area contributed by atoms with Gasteiger partial charge in [0.1, 0.15) is 0 Å². The number of benzene rings is 1. The zero-order valence-corrected chi connectivity index (χ0v) is 21.1. The summed E-state index contributed by atoms with van der Waals surface area (Å²) < 4.78 is 2.18. The fourth-order valence-electron chi connectivity index (χ4n) is 4.66. The molecule has 0 spiro atoms. The predicted octanol–water partition coefficient (Wildman–Crippen LogP) is 4.95. The zero-order valence-electron chi connectivity index (χ0n) is 19.5. The van der Waals surface area contributed by atoms with Crippen molar-refractivity contribution in [3.8, 4) is 5.13 Å². The summed E-state index contributed by atoms with van der Waals surface area (Å²) >= 11 is 7.38. The van der Waals surface area contributed by atoms with E-state index in [1.807, 2.05) is 60.1 Å². The van der Waals surface area contributed by atoms with Gasteiger partial charge in [0.15, 0.2) is 10.2 Å². The van der Waals surface area contributed by atoms with E-state index < -0.39 is 0 Å². The highest BCUT2D eigenvalue weighted by Crippen LogP contribution is 2.41. The Hall–Kier alpha value is -3.56. The Morgan fingerprint density at radius 2 is 1.91 bits per heavy atom. The number of carbonyl (C=O) groups is 1. The van der Waals surface area contributed by atoms with Crippen LogP contribution in [0.15, 0.2) is 72.4 Å². The van der Waals surface area contributed by atoms with E-state index in [1.165, 1.54) is 0 Å². The molecule has 0 bridgehead atoms. The lowest BCUT2D eigenvalue weighted by Gasteiger charge is -2.28. The van der Waals surface area contributed by atoms with Crippen LogP contribution in [-0.2, 0) is 4.79 Å². The Labute approximate surface area is 213 Å². The number of aryl methyl sites for hydroxylation is 1. The molecule has 1 saturated heterocycles. The summed E-state index contributed by atoms with van der Waals surface area (Å²) in [4.78, 5) is 24.0. The fraction of sp³-hybridized carbons (Fsp3) is 0.231. The SMILES string of the molecule is Cc1cc([C@H]2[C@@H](c3ccccn3)NC(=S)N2CCC(=O)Nc2ccccc2)c(C)n1-c1nccs1. The van der Waals surface area contributed by atoms with Crippen molar-refractivity contribution < 1.29 is 4.79 Å². The average molecular weight is 503 g/mol. The molecule has 3 aromatic heterocycles. The molecule has 0 unspecified atom stereocenters. The van der Waals surface area contributed by atoms with Gasteiger partial charge in [0.25, 0.3) is 0 Å². The van der Waals surface area contributed by atoms with Crippen LogP contribution in [0.2, 0.25) is 0 Å². The number of thiazole rings is 1. The van der Waals surface area contributed by atoms with Gasteiger partial charge in [-0.05, 0) is 62.0 Å². The molecule has 1 aliphatic rings. The first-order chi connectivity index (χ1) is 17.0. The maximum atomic E-state index is 12.7. The van der Waals surface area contributed by atoms with E-state index in [0.717, 1.165) is 33.5 Å². The van der Waals surface area contributed by atoms with Gasteiger partial charge < -0.3 is 15.5 Å². The number of carbonyl (C=O) groups excluding carboxylic acids is 1. The van der Waals surface area contributed by atoms with Gasteiger partial charge in [-0.25, -0.2) is 4.98 Å². The van der Waals surface area contributed by atoms with Crippen LogP contribution in [0.5, 0.6) is 0 Å². The Kier molecular flexibility index (Phi) is 6.61. The van der Waals surface area contributed by atoms with Gasteiger partial charge >= 0.3 is 0 Å². The number of nitrogens with one attached hydrogen (secondary N) is 2. The number of rotatable bonds is 7. The fourth-order valence-corrected chi connectivity index (χ4v) is 5.74. The summed E-state index contributed by atoms with van der Waals surface area (Å²) in [5.74, 6) is -0.0488. The van der Waals surface area contributed by atoms with Crippen molar-refractivity contribution in [1.82, 2.24) is 24.8 Å². The van der Waals surface area contributed by atoms with E-state index in [2.05, 4.69) is 50.0 Å². The quantitative estimate of drug-likeness (QED) is 0.349. The minimum Gasteiger partial charge on any atom is -0.352 e. The summed E-state index contributed by atoms with van der Waals surface area (Å²) in [7, 11) is 0. The number of hydrogen-bond donors (Lipinski definition) is 2. The maximum Gasteiger partial charge on any atom is 0.226 e. The molecule has 7 nitrogen and oxygen atoms in total. The third-order valence-electron chi connectivity index (χ3n) is 6.23. The molecule has 1 aliphatic heterocycles. The maximum absolute atomic E-state index is 12.7. The molecule has 1 aromatic carbocycles. The van der Waals surface area contributed by atoms with E-state index in [1.54, 1.807) is 17.5 Å². The standard InChI is InChI=1S/C26H26N6OS2/c1-17-16-20(18(2)32(17)26-28-13-15-35-26)24-23(21-10-6-7-12-27-21)30-25(34)31(24)14-11-22(33)29-19-8-4-3-5-9-19/h3-10,12-13,15-16,23-24H,11,14H2,1-2H3,(H,29,33)(H,30,34)/t23-,24+/m1/s1. The number of aromatic nitrogens is 3. The molecule has 0 saturated carbocycles. The van der Waals surface area contributed by atoms with Crippen LogP contribution in [-0.4, -0.2) is 37.0 Å². The second-order valence-electron chi connectivity index (χ2n) is 8.46. The second-order valence-corrected chi connectivity index (χ2v) is 9.72. The Morgan fingerprint density at radius 3 is 2.63 bits per heavy atom. The molecular formula is C26H26N6OS2. The molecule has 1 amide bonds. The summed E-state index contributed by atoms with van der Waals surface area (Å²) in [6.45, 7) is 4.69. The molecule has 4 aromatic rings. The third kappa shape index (κ3) is 4.69. The van der Waals surface area contributed by atoms with Crippen LogP contribution in [0.4, 0.5) is 5.69 Å². The van der Waals surface area contributed by atoms with Crippen molar-refractivity contribution in [2.45, 2.75) is 32.4 Å². The van der Waals surface area contributed by atoms with Gasteiger partial charge in [-0.3, -0.25) is 14.3 Å².